The van der Waals surface area contributed by atoms with E-state index in [2.05, 4.69) is 12.2 Å². The lowest BCUT2D eigenvalue weighted by atomic mass is 10.3. The highest BCUT2D eigenvalue weighted by Crippen LogP contribution is 1.94. The number of likely N-dealkylation sites (N-methyl/N-ethyl adjacent to an activating group) is 1. The molecule has 0 bridgehead atoms. The third kappa shape index (κ3) is 9.92. The normalized spacial score (nSPS) is 11.7. The van der Waals surface area contributed by atoms with Crippen molar-refractivity contribution in [3.05, 3.63) is 0 Å². The van der Waals surface area contributed by atoms with Crippen LogP contribution in [0, 0.1) is 0 Å². The van der Waals surface area contributed by atoms with Gasteiger partial charge >= 0.3 is 0 Å². The van der Waals surface area contributed by atoms with Gasteiger partial charge in [0.2, 0.25) is 0 Å². The van der Waals surface area contributed by atoms with Crippen molar-refractivity contribution in [2.45, 2.75) is 40.2 Å². The second-order valence-corrected chi connectivity index (χ2v) is 2.04. The van der Waals surface area contributed by atoms with E-state index in [1.54, 1.807) is 0 Å². The van der Waals surface area contributed by atoms with E-state index < -0.39 is 0 Å². The van der Waals surface area contributed by atoms with Crippen molar-refractivity contribution in [2.75, 3.05) is 20.2 Å². The molecule has 0 aromatic rings. The first-order chi connectivity index (χ1) is 5.35. The molecule has 0 aliphatic carbocycles. The molecule has 0 aliphatic rings. The van der Waals surface area contributed by atoms with Crippen molar-refractivity contribution in [3.63, 3.8) is 0 Å². The summed E-state index contributed by atoms with van der Waals surface area (Å²) in [4.78, 5) is 0. The maximum Gasteiger partial charge on any atom is 0.0696 e. The average Bonchev–Trinajstić information content (AvgIpc) is 2.08. The van der Waals surface area contributed by atoms with Gasteiger partial charge in [0.15, 0.2) is 0 Å². The fourth-order valence-corrected chi connectivity index (χ4v) is 0.784. The third-order valence-corrected chi connectivity index (χ3v) is 1.29. The summed E-state index contributed by atoms with van der Waals surface area (Å²) in [5, 5.41) is 3.08. The van der Waals surface area contributed by atoms with Gasteiger partial charge in [0.05, 0.1) is 6.10 Å². The van der Waals surface area contributed by atoms with E-state index in [9.17, 15) is 0 Å². The topological polar surface area (TPSA) is 21.3 Å². The zero-order chi connectivity index (χ0) is 9.11. The Labute approximate surface area is 72.8 Å². The van der Waals surface area contributed by atoms with E-state index in [4.69, 9.17) is 4.74 Å². The van der Waals surface area contributed by atoms with Crippen molar-refractivity contribution in [1.82, 2.24) is 5.32 Å². The lowest BCUT2D eigenvalue weighted by Gasteiger charge is -2.13. The average molecular weight is 163 g/mol. The summed E-state index contributed by atoms with van der Waals surface area (Å²) in [6.45, 7) is 9.94. The van der Waals surface area contributed by atoms with E-state index in [-0.39, 0.29) is 1.43 Å². The molecule has 0 spiro atoms. The van der Waals surface area contributed by atoms with Gasteiger partial charge in [0.1, 0.15) is 0 Å². The highest BCUT2D eigenvalue weighted by atomic mass is 16.5. The van der Waals surface area contributed by atoms with Gasteiger partial charge in [-0.1, -0.05) is 20.8 Å². The SMILES string of the molecule is CC.CCOC(CC)CNC.[HH]. The first-order valence-electron chi connectivity index (χ1n) is 4.61. The first-order valence-corrected chi connectivity index (χ1v) is 4.61. The maximum absolute atomic E-state index is 5.37. The molecule has 1 unspecified atom stereocenters. The molecule has 1 N–H and O–H groups in total. The molecule has 0 aromatic heterocycles. The number of hydrogen-bond acceptors (Lipinski definition) is 2. The summed E-state index contributed by atoms with van der Waals surface area (Å²) < 4.78 is 5.37. The second kappa shape index (κ2) is 12.6. The van der Waals surface area contributed by atoms with Gasteiger partial charge in [-0.05, 0) is 20.4 Å². The molecule has 1 atom stereocenters. The largest absolute Gasteiger partial charge is 0.377 e. The Hall–Kier alpha value is -0.0800. The van der Waals surface area contributed by atoms with Gasteiger partial charge < -0.3 is 10.1 Å². The van der Waals surface area contributed by atoms with E-state index in [1.807, 2.05) is 27.8 Å². The number of rotatable bonds is 5. The smallest absolute Gasteiger partial charge is 0.0696 e. The summed E-state index contributed by atoms with van der Waals surface area (Å²) in [5.74, 6) is 0. The van der Waals surface area contributed by atoms with Crippen LogP contribution in [-0.4, -0.2) is 26.3 Å². The lowest BCUT2D eigenvalue weighted by molar-refractivity contribution is 0.0616. The lowest BCUT2D eigenvalue weighted by Crippen LogP contribution is -2.25. The van der Waals surface area contributed by atoms with Crippen LogP contribution in [0.15, 0.2) is 0 Å². The molecule has 72 valence electrons. The molecule has 2 heteroatoms. The van der Waals surface area contributed by atoms with Crippen LogP contribution in [0.2, 0.25) is 0 Å². The summed E-state index contributed by atoms with van der Waals surface area (Å²) in [7, 11) is 1.95. The zero-order valence-electron chi connectivity index (χ0n) is 8.61. The highest BCUT2D eigenvalue weighted by molar-refractivity contribution is 4.55. The standard InChI is InChI=1S/C7H17NO.C2H6.H2/c1-4-7(6-8-3)9-5-2;1-2;/h7-8H,4-6H2,1-3H3;1-2H3;1H. The van der Waals surface area contributed by atoms with E-state index >= 15 is 0 Å². The van der Waals surface area contributed by atoms with Gasteiger partial charge in [-0.25, -0.2) is 0 Å². The Kier molecular flexibility index (Phi) is 15.4. The predicted octanol–water partition coefficient (Wildman–Crippen LogP) is 2.29. The monoisotopic (exact) mass is 163 g/mol. The molecule has 0 saturated carbocycles. The summed E-state index contributed by atoms with van der Waals surface area (Å²) >= 11 is 0. The Morgan fingerprint density at radius 2 is 1.91 bits per heavy atom. The van der Waals surface area contributed by atoms with Crippen molar-refractivity contribution in [1.29, 1.82) is 0 Å². The van der Waals surface area contributed by atoms with Crippen molar-refractivity contribution in [3.8, 4) is 0 Å². The quantitative estimate of drug-likeness (QED) is 0.671. The summed E-state index contributed by atoms with van der Waals surface area (Å²) in [5.41, 5.74) is 0. The molecule has 0 amide bonds. The fourth-order valence-electron chi connectivity index (χ4n) is 0.784. The highest BCUT2D eigenvalue weighted by Gasteiger charge is 2.01. The van der Waals surface area contributed by atoms with E-state index in [1.165, 1.54) is 0 Å². The molecule has 0 saturated heterocycles. The van der Waals surface area contributed by atoms with Crippen molar-refractivity contribution < 1.29 is 6.16 Å². The Morgan fingerprint density at radius 1 is 1.36 bits per heavy atom. The van der Waals surface area contributed by atoms with Gasteiger partial charge in [-0.3, -0.25) is 0 Å². The van der Waals surface area contributed by atoms with Gasteiger partial charge in [0.25, 0.3) is 0 Å². The summed E-state index contributed by atoms with van der Waals surface area (Å²) in [6.07, 6.45) is 1.49. The molecular weight excluding hydrogens is 138 g/mol. The van der Waals surface area contributed by atoms with Crippen LogP contribution in [0.5, 0.6) is 0 Å². The Morgan fingerprint density at radius 3 is 2.18 bits per heavy atom. The Balaban J connectivity index is -0.000000249. The molecule has 0 fully saturated rings. The molecule has 0 aromatic carbocycles. The maximum atomic E-state index is 5.37. The number of hydrogen-bond donors (Lipinski definition) is 1. The first kappa shape index (κ1) is 13.5. The van der Waals surface area contributed by atoms with Crippen LogP contribution in [-0.2, 0) is 4.74 Å². The van der Waals surface area contributed by atoms with Crippen LogP contribution in [0.3, 0.4) is 0 Å². The molecule has 0 rings (SSSR count). The molecule has 0 aliphatic heterocycles. The van der Waals surface area contributed by atoms with Crippen LogP contribution in [0.1, 0.15) is 35.5 Å². The van der Waals surface area contributed by atoms with Gasteiger partial charge in [-0.2, -0.15) is 0 Å². The minimum Gasteiger partial charge on any atom is -0.377 e. The van der Waals surface area contributed by atoms with Crippen LogP contribution in [0.25, 0.3) is 0 Å². The van der Waals surface area contributed by atoms with Crippen LogP contribution in [0.4, 0.5) is 0 Å². The van der Waals surface area contributed by atoms with E-state index in [0.717, 1.165) is 19.6 Å². The van der Waals surface area contributed by atoms with Gasteiger partial charge in [0, 0.05) is 14.6 Å². The van der Waals surface area contributed by atoms with E-state index in [0.29, 0.717) is 6.10 Å². The molecule has 0 heterocycles. The predicted molar refractivity (Wildman–Crippen MR) is 53.1 cm³/mol. The van der Waals surface area contributed by atoms with Crippen molar-refractivity contribution in [2.24, 2.45) is 0 Å². The van der Waals surface area contributed by atoms with Gasteiger partial charge in [-0.15, -0.1) is 0 Å². The van der Waals surface area contributed by atoms with Crippen molar-refractivity contribution >= 4 is 0 Å². The molecule has 11 heavy (non-hydrogen) atoms. The fraction of sp³-hybridized carbons (Fsp3) is 1.00. The second-order valence-electron chi connectivity index (χ2n) is 2.04. The Bertz CT molecular complexity index is 56.5. The zero-order valence-corrected chi connectivity index (χ0v) is 8.61. The molecule has 2 nitrogen and oxygen atoms in total. The summed E-state index contributed by atoms with van der Waals surface area (Å²) in [6, 6.07) is 0. The number of nitrogens with one attached hydrogen (secondary N) is 1. The molecular formula is C9H25NO. The van der Waals surface area contributed by atoms with Crippen LogP contribution >= 0.6 is 0 Å². The third-order valence-electron chi connectivity index (χ3n) is 1.29. The molecule has 0 radical (unpaired) electrons. The minimum atomic E-state index is 0. The number of ether oxygens (including phenoxy) is 1. The minimum absolute atomic E-state index is 0. The van der Waals surface area contributed by atoms with Crippen LogP contribution < -0.4 is 5.32 Å².